The van der Waals surface area contributed by atoms with Gasteiger partial charge in [-0.1, -0.05) is 0 Å². The van der Waals surface area contributed by atoms with Crippen molar-refractivity contribution in [2.45, 2.75) is 48.3 Å². The molecule has 0 aromatic carbocycles. The molecule has 23 heavy (non-hydrogen) atoms. The van der Waals surface area contributed by atoms with Gasteiger partial charge in [-0.2, -0.15) is 68.2 Å². The quantitative estimate of drug-likeness (QED) is 0.318. The van der Waals surface area contributed by atoms with Crippen LogP contribution in [-0.4, -0.2) is 44.6 Å². The van der Waals surface area contributed by atoms with Crippen molar-refractivity contribution < 1.29 is 57.1 Å². The summed E-state index contributed by atoms with van der Waals surface area (Å²) >= 11 is 4.95. The van der Waals surface area contributed by atoms with Crippen molar-refractivity contribution in [1.82, 2.24) is 0 Å². The first kappa shape index (κ1) is 22.6. The van der Waals surface area contributed by atoms with Gasteiger partial charge in [-0.3, -0.25) is 0 Å². The highest BCUT2D eigenvalue weighted by molar-refractivity contribution is 6.93. The van der Waals surface area contributed by atoms with E-state index in [0.717, 1.165) is 0 Å². The van der Waals surface area contributed by atoms with Gasteiger partial charge < -0.3 is 0 Å². The van der Waals surface area contributed by atoms with Crippen LogP contribution in [0.1, 0.15) is 6.42 Å². The zero-order valence-electron chi connectivity index (χ0n) is 10.4. The number of hydrogen-bond donors (Lipinski definition) is 0. The van der Waals surface area contributed by atoms with E-state index < -0.39 is 57.1 Å². The Labute approximate surface area is 126 Å². The average molecular weight is 413 g/mol. The molecule has 0 aliphatic carbocycles. The van der Waals surface area contributed by atoms with Gasteiger partial charge in [0, 0.05) is 6.42 Å². The fourth-order valence-electron chi connectivity index (χ4n) is 1.25. The van der Waals surface area contributed by atoms with Gasteiger partial charge in [-0.05, 0) is 6.04 Å². The van der Waals surface area contributed by atoms with Crippen molar-refractivity contribution in [2.24, 2.45) is 0 Å². The Balaban J connectivity index is 6.03. The van der Waals surface area contributed by atoms with Crippen LogP contribution in [0.3, 0.4) is 0 Å². The lowest BCUT2D eigenvalue weighted by atomic mass is 9.93. The van der Waals surface area contributed by atoms with E-state index in [9.17, 15) is 57.1 Å². The third kappa shape index (κ3) is 3.37. The van der Waals surface area contributed by atoms with Crippen LogP contribution in [0.4, 0.5) is 57.1 Å². The van der Waals surface area contributed by atoms with Crippen molar-refractivity contribution in [3.8, 4) is 0 Å². The van der Waals surface area contributed by atoms with Crippen LogP contribution >= 0.6 is 11.1 Å². The number of halogens is 14. The lowest BCUT2D eigenvalue weighted by Crippen LogP contribution is -2.70. The molecule has 0 aliphatic rings. The highest BCUT2D eigenvalue weighted by atomic mass is 35.6. The first-order valence-corrected chi connectivity index (χ1v) is 8.47. The summed E-state index contributed by atoms with van der Waals surface area (Å²) in [6.45, 7) is 0. The Morgan fingerprint density at radius 1 is 0.565 bits per heavy atom. The summed E-state index contributed by atoms with van der Waals surface area (Å²) in [5, 5.41) is 0. The van der Waals surface area contributed by atoms with Gasteiger partial charge in [-0.25, -0.2) is 0 Å². The van der Waals surface area contributed by atoms with E-state index >= 15 is 0 Å². The lowest BCUT2D eigenvalue weighted by molar-refractivity contribution is -0.439. The topological polar surface area (TPSA) is 0 Å². The molecule has 0 saturated carbocycles. The molecule has 0 aromatic heterocycles. The average Bonchev–Trinajstić information content (AvgIpc) is 2.34. The molecule has 0 N–H and O–H groups in total. The van der Waals surface area contributed by atoms with E-state index in [4.69, 9.17) is 11.1 Å². The highest BCUT2D eigenvalue weighted by Crippen LogP contribution is 2.60. The first-order chi connectivity index (χ1) is 9.81. The third-order valence-electron chi connectivity index (χ3n) is 2.62. The highest BCUT2D eigenvalue weighted by Gasteiger charge is 2.90. The summed E-state index contributed by atoms with van der Waals surface area (Å²) in [6.07, 6.45) is -9.56. The molecular formula is C8H6ClF13Si. The molecule has 15 heteroatoms. The minimum absolute atomic E-state index is 0.985. The summed E-state index contributed by atoms with van der Waals surface area (Å²) in [5.41, 5.74) is 0. The molecule has 0 radical (unpaired) electrons. The van der Waals surface area contributed by atoms with E-state index in [1.54, 1.807) is 0 Å². The van der Waals surface area contributed by atoms with Gasteiger partial charge in [-0.15, -0.1) is 0 Å². The summed E-state index contributed by atoms with van der Waals surface area (Å²) in [7, 11) is -1.95. The van der Waals surface area contributed by atoms with E-state index in [-0.39, 0.29) is 0 Å². The van der Waals surface area contributed by atoms with Crippen LogP contribution in [0, 0.1) is 0 Å². The second-order valence-electron chi connectivity index (χ2n) is 4.29. The fourth-order valence-corrected chi connectivity index (χ4v) is 2.23. The van der Waals surface area contributed by atoms with Crippen molar-refractivity contribution in [1.29, 1.82) is 0 Å². The second-order valence-corrected chi connectivity index (χ2v) is 6.51. The zero-order valence-corrected chi connectivity index (χ0v) is 12.6. The van der Waals surface area contributed by atoms with Crippen molar-refractivity contribution in [2.75, 3.05) is 0 Å². The van der Waals surface area contributed by atoms with Crippen LogP contribution < -0.4 is 0 Å². The van der Waals surface area contributed by atoms with Gasteiger partial charge in [0.15, 0.2) is 0 Å². The summed E-state index contributed by atoms with van der Waals surface area (Å²) in [6, 6.07) is -0.985. The van der Waals surface area contributed by atoms with Crippen molar-refractivity contribution in [3.05, 3.63) is 0 Å². The minimum atomic E-state index is -7.83. The standard InChI is InChI=1S/C8H6ClF13Si/c9-23-2-1-3(10,11)4(12,13)5(14,15)6(16,17)7(18,19)8(20,21)22/h1-2,23H2. The maximum absolute atomic E-state index is 13.0. The molecule has 0 nitrogen and oxygen atoms in total. The fraction of sp³-hybridized carbons (Fsp3) is 1.00. The second kappa shape index (κ2) is 6.15. The number of rotatable bonds is 7. The lowest BCUT2D eigenvalue weighted by Gasteiger charge is -2.39. The molecule has 0 fully saturated rings. The van der Waals surface area contributed by atoms with Crippen LogP contribution in [0.2, 0.25) is 6.04 Å². The van der Waals surface area contributed by atoms with Crippen LogP contribution in [0.25, 0.3) is 0 Å². The van der Waals surface area contributed by atoms with Gasteiger partial charge in [0.1, 0.15) is 8.83 Å². The minimum Gasteiger partial charge on any atom is -0.200 e. The summed E-state index contributed by atoms with van der Waals surface area (Å²) < 4.78 is 163. The molecule has 0 unspecified atom stereocenters. The zero-order chi connectivity index (χ0) is 19.1. The number of alkyl halides is 13. The van der Waals surface area contributed by atoms with Crippen molar-refractivity contribution >= 4 is 19.9 Å². The molecule has 0 atom stereocenters. The Morgan fingerprint density at radius 2 is 0.913 bits per heavy atom. The maximum Gasteiger partial charge on any atom is 0.460 e. The van der Waals surface area contributed by atoms with E-state index in [2.05, 4.69) is 0 Å². The molecule has 0 amide bonds. The molecular weight excluding hydrogens is 407 g/mol. The van der Waals surface area contributed by atoms with Crippen LogP contribution in [0.5, 0.6) is 0 Å². The molecule has 0 spiro atoms. The predicted molar refractivity (Wildman–Crippen MR) is 54.6 cm³/mol. The predicted octanol–water partition coefficient (Wildman–Crippen LogP) is 4.86. The summed E-state index contributed by atoms with van der Waals surface area (Å²) in [5.74, 6) is -36.4. The Morgan fingerprint density at radius 3 is 1.22 bits per heavy atom. The molecule has 0 saturated heterocycles. The van der Waals surface area contributed by atoms with E-state index in [1.165, 1.54) is 0 Å². The smallest absolute Gasteiger partial charge is 0.200 e. The van der Waals surface area contributed by atoms with Gasteiger partial charge >= 0.3 is 35.8 Å². The number of hydrogen-bond acceptors (Lipinski definition) is 0. The normalized spacial score (nSPS) is 16.4. The van der Waals surface area contributed by atoms with Crippen molar-refractivity contribution in [3.63, 3.8) is 0 Å². The largest absolute Gasteiger partial charge is 0.460 e. The molecule has 0 aromatic rings. The monoisotopic (exact) mass is 412 g/mol. The van der Waals surface area contributed by atoms with Gasteiger partial charge in [0.25, 0.3) is 0 Å². The molecule has 0 bridgehead atoms. The van der Waals surface area contributed by atoms with Crippen LogP contribution in [-0.2, 0) is 0 Å². The molecule has 0 aliphatic heterocycles. The Bertz CT molecular complexity index is 415. The Kier molecular flexibility index (Phi) is 6.04. The Hall–Kier alpha value is -0.403. The maximum atomic E-state index is 13.0. The third-order valence-corrected chi connectivity index (χ3v) is 4.05. The molecule has 0 rings (SSSR count). The molecule has 140 valence electrons. The van der Waals surface area contributed by atoms with Gasteiger partial charge in [0.2, 0.25) is 0 Å². The first-order valence-electron chi connectivity index (χ1n) is 5.33. The molecule has 0 heterocycles. The SMILES string of the molecule is FC(F)(F)C(F)(F)C(F)(F)C(F)(F)C(F)(F)C(F)(F)CC[SiH2]Cl. The van der Waals surface area contributed by atoms with Gasteiger partial charge in [0.05, 0.1) is 0 Å². The summed E-state index contributed by atoms with van der Waals surface area (Å²) in [4.78, 5) is 0. The van der Waals surface area contributed by atoms with E-state index in [0.29, 0.717) is 0 Å². The van der Waals surface area contributed by atoms with Crippen LogP contribution in [0.15, 0.2) is 0 Å². The van der Waals surface area contributed by atoms with E-state index in [1.807, 2.05) is 0 Å².